The van der Waals surface area contributed by atoms with Crippen LogP contribution in [0.1, 0.15) is 10.4 Å². The minimum absolute atomic E-state index is 0.305. The number of hydrogen-bond acceptors (Lipinski definition) is 4. The third-order valence-electron chi connectivity index (χ3n) is 3.90. The van der Waals surface area contributed by atoms with E-state index in [1.807, 2.05) is 24.3 Å². The van der Waals surface area contributed by atoms with Gasteiger partial charge in [0.1, 0.15) is 11.5 Å². The van der Waals surface area contributed by atoms with E-state index in [9.17, 15) is 4.79 Å². The third-order valence-corrected chi connectivity index (χ3v) is 4.68. The molecule has 3 rings (SSSR count). The number of nitrogens with two attached hydrogens (primary N) is 1. The number of methoxy groups -OCH3 is 2. The molecule has 0 bridgehead atoms. The van der Waals surface area contributed by atoms with Gasteiger partial charge in [0.2, 0.25) is 0 Å². The van der Waals surface area contributed by atoms with E-state index in [-0.39, 0.29) is 5.91 Å². The molecule has 0 saturated carbocycles. The van der Waals surface area contributed by atoms with Gasteiger partial charge in [-0.05, 0) is 44.9 Å². The Bertz CT molecular complexity index is 957. The number of hydrogen-bond donors (Lipinski definition) is 2. The van der Waals surface area contributed by atoms with E-state index < -0.39 is 0 Å². The second-order valence-corrected chi connectivity index (χ2v) is 6.19. The summed E-state index contributed by atoms with van der Waals surface area (Å²) in [5.74, 6) is 0.796. The average molecular weight is 401 g/mol. The van der Waals surface area contributed by atoms with Crippen molar-refractivity contribution in [2.45, 2.75) is 0 Å². The Labute approximate surface area is 153 Å². The molecule has 0 aliphatic rings. The molecule has 25 heavy (non-hydrogen) atoms. The summed E-state index contributed by atoms with van der Waals surface area (Å²) in [7, 11) is 3.10. The zero-order valence-corrected chi connectivity index (χ0v) is 15.4. The number of ether oxygens (including phenoxy) is 2. The zero-order chi connectivity index (χ0) is 18.0. The number of benzene rings is 3. The van der Waals surface area contributed by atoms with Gasteiger partial charge in [0.25, 0.3) is 5.91 Å². The second-order valence-electron chi connectivity index (χ2n) is 5.40. The van der Waals surface area contributed by atoms with Crippen LogP contribution in [0.2, 0.25) is 0 Å². The fraction of sp³-hybridized carbons (Fsp3) is 0.105. The van der Waals surface area contributed by atoms with E-state index >= 15 is 0 Å². The highest BCUT2D eigenvalue weighted by Gasteiger charge is 2.19. The van der Waals surface area contributed by atoms with Crippen LogP contribution < -0.4 is 20.5 Å². The summed E-state index contributed by atoms with van der Waals surface area (Å²) < 4.78 is 11.3. The number of anilines is 2. The van der Waals surface area contributed by atoms with Gasteiger partial charge in [-0.25, -0.2) is 0 Å². The number of nitrogens with one attached hydrogen (secondary N) is 1. The van der Waals surface area contributed by atoms with Crippen molar-refractivity contribution in [2.75, 3.05) is 25.3 Å². The molecule has 5 nitrogen and oxygen atoms in total. The Morgan fingerprint density at radius 1 is 1.08 bits per heavy atom. The Kier molecular flexibility index (Phi) is 4.81. The molecule has 0 heterocycles. The summed E-state index contributed by atoms with van der Waals surface area (Å²) in [5.41, 5.74) is 7.33. The van der Waals surface area contributed by atoms with Gasteiger partial charge in [-0.2, -0.15) is 0 Å². The summed E-state index contributed by atoms with van der Waals surface area (Å²) in [6.45, 7) is 0. The number of halogens is 1. The van der Waals surface area contributed by atoms with Gasteiger partial charge in [0.05, 0.1) is 35.6 Å². The number of amides is 1. The lowest BCUT2D eigenvalue weighted by Crippen LogP contribution is -2.14. The number of rotatable bonds is 4. The summed E-state index contributed by atoms with van der Waals surface area (Å²) in [6, 6.07) is 14.7. The molecule has 6 heteroatoms. The van der Waals surface area contributed by atoms with E-state index in [4.69, 9.17) is 15.2 Å². The van der Waals surface area contributed by atoms with E-state index in [1.54, 1.807) is 31.4 Å². The highest BCUT2D eigenvalue weighted by molar-refractivity contribution is 9.10. The molecule has 0 aromatic heterocycles. The molecule has 128 valence electrons. The SMILES string of the molecule is COc1ccc(NC(=O)c2cc3ccccc3c(Br)c2OC)c(N)c1. The van der Waals surface area contributed by atoms with Crippen molar-refractivity contribution < 1.29 is 14.3 Å². The van der Waals surface area contributed by atoms with Crippen molar-refractivity contribution in [3.63, 3.8) is 0 Å². The summed E-state index contributed by atoms with van der Waals surface area (Å²) in [4.78, 5) is 12.8. The first-order valence-corrected chi connectivity index (χ1v) is 8.34. The van der Waals surface area contributed by atoms with Crippen LogP contribution in [-0.2, 0) is 0 Å². The minimum atomic E-state index is -0.305. The Hall–Kier alpha value is -2.73. The van der Waals surface area contributed by atoms with Crippen LogP contribution in [0, 0.1) is 0 Å². The van der Waals surface area contributed by atoms with Crippen molar-refractivity contribution >= 4 is 44.0 Å². The van der Waals surface area contributed by atoms with Gasteiger partial charge in [0.15, 0.2) is 0 Å². The fourth-order valence-electron chi connectivity index (χ4n) is 2.62. The van der Waals surface area contributed by atoms with Gasteiger partial charge in [-0.1, -0.05) is 24.3 Å². The first kappa shape index (κ1) is 17.1. The Balaban J connectivity index is 2.02. The lowest BCUT2D eigenvalue weighted by atomic mass is 10.0. The highest BCUT2D eigenvalue weighted by Crippen LogP contribution is 2.37. The van der Waals surface area contributed by atoms with Crippen LogP contribution in [-0.4, -0.2) is 20.1 Å². The molecule has 1 amide bonds. The van der Waals surface area contributed by atoms with E-state index in [0.29, 0.717) is 28.4 Å². The van der Waals surface area contributed by atoms with Crippen molar-refractivity contribution in [3.8, 4) is 11.5 Å². The van der Waals surface area contributed by atoms with Gasteiger partial charge in [-0.3, -0.25) is 4.79 Å². The molecule has 0 radical (unpaired) electrons. The molecule has 0 fully saturated rings. The lowest BCUT2D eigenvalue weighted by molar-refractivity contribution is 0.102. The van der Waals surface area contributed by atoms with E-state index in [0.717, 1.165) is 15.2 Å². The molecule has 0 aliphatic heterocycles. The van der Waals surface area contributed by atoms with Crippen LogP contribution in [0.3, 0.4) is 0 Å². The standard InChI is InChI=1S/C19H17BrN2O3/c1-24-12-7-8-16(15(21)10-12)22-19(23)14-9-11-5-3-4-6-13(11)17(20)18(14)25-2/h3-10H,21H2,1-2H3,(H,22,23). The Morgan fingerprint density at radius 3 is 2.52 bits per heavy atom. The third kappa shape index (κ3) is 3.25. The topological polar surface area (TPSA) is 73.6 Å². The smallest absolute Gasteiger partial charge is 0.259 e. The van der Waals surface area contributed by atoms with Gasteiger partial charge in [-0.15, -0.1) is 0 Å². The van der Waals surface area contributed by atoms with Crippen molar-refractivity contribution in [1.82, 2.24) is 0 Å². The van der Waals surface area contributed by atoms with E-state index in [2.05, 4.69) is 21.2 Å². The molecule has 0 aliphatic carbocycles. The van der Waals surface area contributed by atoms with Gasteiger partial charge >= 0.3 is 0 Å². The zero-order valence-electron chi connectivity index (χ0n) is 13.8. The molecular weight excluding hydrogens is 384 g/mol. The maximum absolute atomic E-state index is 12.8. The molecule has 3 N–H and O–H groups in total. The molecule has 0 saturated heterocycles. The number of carbonyl (C=O) groups excluding carboxylic acids is 1. The molecule has 0 atom stereocenters. The maximum atomic E-state index is 12.8. The quantitative estimate of drug-likeness (QED) is 0.634. The van der Waals surface area contributed by atoms with Crippen molar-refractivity contribution in [2.24, 2.45) is 0 Å². The van der Waals surface area contributed by atoms with Crippen LogP contribution in [0.4, 0.5) is 11.4 Å². The van der Waals surface area contributed by atoms with Crippen LogP contribution in [0.15, 0.2) is 53.0 Å². The fourth-order valence-corrected chi connectivity index (χ4v) is 3.36. The molecule has 3 aromatic rings. The van der Waals surface area contributed by atoms with Crippen LogP contribution in [0.25, 0.3) is 10.8 Å². The largest absolute Gasteiger partial charge is 0.497 e. The predicted octanol–water partition coefficient (Wildman–Crippen LogP) is 4.45. The van der Waals surface area contributed by atoms with E-state index in [1.165, 1.54) is 7.11 Å². The molecule has 3 aromatic carbocycles. The minimum Gasteiger partial charge on any atom is -0.497 e. The summed E-state index contributed by atoms with van der Waals surface area (Å²) >= 11 is 3.53. The molecule has 0 spiro atoms. The highest BCUT2D eigenvalue weighted by atomic mass is 79.9. The van der Waals surface area contributed by atoms with Crippen molar-refractivity contribution in [1.29, 1.82) is 0 Å². The molecule has 0 unspecified atom stereocenters. The Morgan fingerprint density at radius 2 is 1.84 bits per heavy atom. The number of nitrogen functional groups attached to an aromatic ring is 1. The van der Waals surface area contributed by atoms with Gasteiger partial charge in [0, 0.05) is 6.07 Å². The normalized spacial score (nSPS) is 10.5. The van der Waals surface area contributed by atoms with Crippen molar-refractivity contribution in [3.05, 3.63) is 58.6 Å². The first-order chi connectivity index (χ1) is 12.0. The summed E-state index contributed by atoms with van der Waals surface area (Å²) in [6.07, 6.45) is 0. The second kappa shape index (κ2) is 7.03. The monoisotopic (exact) mass is 400 g/mol. The van der Waals surface area contributed by atoms with Crippen LogP contribution in [0.5, 0.6) is 11.5 Å². The maximum Gasteiger partial charge on any atom is 0.259 e. The molecular formula is C19H17BrN2O3. The summed E-state index contributed by atoms with van der Waals surface area (Å²) in [5, 5.41) is 4.73. The first-order valence-electron chi connectivity index (χ1n) is 7.55. The number of carbonyl (C=O) groups is 1. The lowest BCUT2D eigenvalue weighted by Gasteiger charge is -2.14. The average Bonchev–Trinajstić information content (AvgIpc) is 2.63. The number of fused-ring (bicyclic) bond motifs is 1. The van der Waals surface area contributed by atoms with Crippen LogP contribution >= 0.6 is 15.9 Å². The van der Waals surface area contributed by atoms with Gasteiger partial charge < -0.3 is 20.5 Å². The predicted molar refractivity (Wildman–Crippen MR) is 104 cm³/mol.